The molecule has 3 nitrogen and oxygen atoms in total. The van der Waals surface area contributed by atoms with Crippen molar-refractivity contribution in [2.45, 2.75) is 63.7 Å². The fraction of sp³-hybridized carbons (Fsp3) is 0.733. The van der Waals surface area contributed by atoms with Gasteiger partial charge in [-0.15, -0.1) is 0 Å². The maximum Gasteiger partial charge on any atom is 0.223 e. The number of aromatic nitrogens is 2. The van der Waals surface area contributed by atoms with Crippen LogP contribution in [0, 0.1) is 6.92 Å². The van der Waals surface area contributed by atoms with E-state index in [0.29, 0.717) is 12.0 Å². The zero-order valence-electron chi connectivity index (χ0n) is 12.4. The predicted molar refractivity (Wildman–Crippen MR) is 84.0 cm³/mol. The molecule has 0 saturated heterocycles. The summed E-state index contributed by atoms with van der Waals surface area (Å²) in [6.45, 7) is 6.40. The van der Waals surface area contributed by atoms with Crippen molar-refractivity contribution in [3.63, 3.8) is 0 Å². The van der Waals surface area contributed by atoms with Crippen LogP contribution in [-0.4, -0.2) is 27.5 Å². The third kappa shape index (κ3) is 4.10. The summed E-state index contributed by atoms with van der Waals surface area (Å²) >= 11 is 1.99. The molecule has 0 aromatic carbocycles. The van der Waals surface area contributed by atoms with Crippen LogP contribution in [-0.2, 0) is 0 Å². The molecule has 2 atom stereocenters. The first-order valence-corrected chi connectivity index (χ1v) is 8.52. The van der Waals surface area contributed by atoms with Gasteiger partial charge in [-0.3, -0.25) is 0 Å². The number of anilines is 1. The Balaban J connectivity index is 2.06. The van der Waals surface area contributed by atoms with Crippen LogP contribution in [0.3, 0.4) is 0 Å². The number of aryl methyl sites for hydroxylation is 1. The fourth-order valence-corrected chi connectivity index (χ4v) is 3.45. The summed E-state index contributed by atoms with van der Waals surface area (Å²) in [5.41, 5.74) is 2.19. The number of thioether (sulfide) groups is 1. The van der Waals surface area contributed by atoms with Gasteiger partial charge in [0.05, 0.1) is 0 Å². The van der Waals surface area contributed by atoms with Crippen molar-refractivity contribution < 1.29 is 0 Å². The Morgan fingerprint density at radius 3 is 2.79 bits per heavy atom. The lowest BCUT2D eigenvalue weighted by Gasteiger charge is -2.28. The van der Waals surface area contributed by atoms with E-state index in [-0.39, 0.29) is 0 Å². The Hall–Kier alpha value is -0.770. The van der Waals surface area contributed by atoms with E-state index in [9.17, 15) is 0 Å². The van der Waals surface area contributed by atoms with Crippen LogP contribution >= 0.6 is 11.8 Å². The van der Waals surface area contributed by atoms with Gasteiger partial charge in [-0.25, -0.2) is 9.97 Å². The number of nitrogens with one attached hydrogen (secondary N) is 1. The van der Waals surface area contributed by atoms with Crippen LogP contribution in [0.5, 0.6) is 0 Å². The first kappa shape index (κ1) is 14.6. The molecule has 1 fully saturated rings. The van der Waals surface area contributed by atoms with Gasteiger partial charge in [0.1, 0.15) is 0 Å². The summed E-state index contributed by atoms with van der Waals surface area (Å²) in [6, 6.07) is 2.62. The first-order valence-electron chi connectivity index (χ1n) is 7.23. The van der Waals surface area contributed by atoms with E-state index in [1.807, 2.05) is 18.7 Å². The van der Waals surface area contributed by atoms with E-state index in [4.69, 9.17) is 0 Å². The molecule has 1 N–H and O–H groups in total. The van der Waals surface area contributed by atoms with E-state index in [1.54, 1.807) is 0 Å². The second kappa shape index (κ2) is 6.60. The average molecular weight is 279 g/mol. The summed E-state index contributed by atoms with van der Waals surface area (Å²) < 4.78 is 0. The van der Waals surface area contributed by atoms with E-state index < -0.39 is 0 Å². The van der Waals surface area contributed by atoms with E-state index >= 15 is 0 Å². The Kier molecular flexibility index (Phi) is 5.08. The van der Waals surface area contributed by atoms with Gasteiger partial charge in [0, 0.05) is 22.7 Å². The summed E-state index contributed by atoms with van der Waals surface area (Å²) in [5, 5.41) is 4.34. The number of hydrogen-bond acceptors (Lipinski definition) is 4. The molecule has 1 aliphatic rings. The summed E-state index contributed by atoms with van der Waals surface area (Å²) in [6.07, 6.45) is 7.35. The summed E-state index contributed by atoms with van der Waals surface area (Å²) in [7, 11) is 0. The third-order valence-electron chi connectivity index (χ3n) is 3.76. The Bertz CT molecular complexity index is 420. The zero-order valence-corrected chi connectivity index (χ0v) is 13.3. The fourth-order valence-electron chi connectivity index (χ4n) is 2.63. The second-order valence-electron chi connectivity index (χ2n) is 5.78. The summed E-state index contributed by atoms with van der Waals surface area (Å²) in [5.74, 6) is 1.27. The van der Waals surface area contributed by atoms with Gasteiger partial charge >= 0.3 is 0 Å². The first-order chi connectivity index (χ1) is 9.08. The molecule has 1 aromatic rings. The molecule has 1 aromatic heterocycles. The molecule has 2 unspecified atom stereocenters. The monoisotopic (exact) mass is 279 g/mol. The number of nitrogens with zero attached hydrogens (tertiary/aromatic N) is 2. The van der Waals surface area contributed by atoms with Crippen molar-refractivity contribution in [3.8, 4) is 0 Å². The van der Waals surface area contributed by atoms with Gasteiger partial charge < -0.3 is 5.32 Å². The van der Waals surface area contributed by atoms with Crippen LogP contribution in [0.15, 0.2) is 6.07 Å². The van der Waals surface area contributed by atoms with E-state index in [1.165, 1.54) is 25.7 Å². The van der Waals surface area contributed by atoms with Gasteiger partial charge in [0.15, 0.2) is 0 Å². The molecule has 0 amide bonds. The topological polar surface area (TPSA) is 37.8 Å². The van der Waals surface area contributed by atoms with Crippen LogP contribution in [0.4, 0.5) is 5.95 Å². The van der Waals surface area contributed by atoms with Crippen molar-refractivity contribution >= 4 is 17.7 Å². The van der Waals surface area contributed by atoms with Crippen LogP contribution in [0.1, 0.15) is 56.8 Å². The standard InChI is InChI=1S/C15H25N3S/c1-10(2)14-8-11(3)16-15(18-14)17-12-6-5-7-13(9-12)19-4/h8,10,12-13H,5-7,9H2,1-4H3,(H,16,17,18). The third-order valence-corrected chi connectivity index (χ3v) is 4.85. The van der Waals surface area contributed by atoms with E-state index in [0.717, 1.165) is 22.6 Å². The highest BCUT2D eigenvalue weighted by Gasteiger charge is 2.22. The highest BCUT2D eigenvalue weighted by molar-refractivity contribution is 7.99. The minimum absolute atomic E-state index is 0.451. The van der Waals surface area contributed by atoms with Gasteiger partial charge in [-0.2, -0.15) is 11.8 Å². The lowest BCUT2D eigenvalue weighted by Crippen LogP contribution is -2.29. The van der Waals surface area contributed by atoms with Crippen LogP contribution in [0.2, 0.25) is 0 Å². The lowest BCUT2D eigenvalue weighted by atomic mass is 9.95. The van der Waals surface area contributed by atoms with Crippen LogP contribution < -0.4 is 5.32 Å². The summed E-state index contributed by atoms with van der Waals surface area (Å²) in [4.78, 5) is 9.18. The lowest BCUT2D eigenvalue weighted by molar-refractivity contribution is 0.471. The van der Waals surface area contributed by atoms with Crippen LogP contribution in [0.25, 0.3) is 0 Å². The van der Waals surface area contributed by atoms with Gasteiger partial charge in [-0.1, -0.05) is 20.3 Å². The van der Waals surface area contributed by atoms with Gasteiger partial charge in [-0.05, 0) is 44.4 Å². The Morgan fingerprint density at radius 2 is 2.11 bits per heavy atom. The minimum Gasteiger partial charge on any atom is -0.351 e. The molecule has 1 aliphatic carbocycles. The van der Waals surface area contributed by atoms with Crippen molar-refractivity contribution in [3.05, 3.63) is 17.5 Å². The quantitative estimate of drug-likeness (QED) is 0.904. The molecular formula is C15H25N3S. The smallest absolute Gasteiger partial charge is 0.223 e. The van der Waals surface area contributed by atoms with Gasteiger partial charge in [0.2, 0.25) is 5.95 Å². The van der Waals surface area contributed by atoms with E-state index in [2.05, 4.69) is 41.5 Å². The van der Waals surface area contributed by atoms with Crippen molar-refractivity contribution in [2.24, 2.45) is 0 Å². The maximum atomic E-state index is 4.65. The van der Waals surface area contributed by atoms with Crippen molar-refractivity contribution in [1.29, 1.82) is 0 Å². The molecule has 0 aliphatic heterocycles. The molecule has 1 saturated carbocycles. The molecule has 0 bridgehead atoms. The highest BCUT2D eigenvalue weighted by Crippen LogP contribution is 2.28. The van der Waals surface area contributed by atoms with Crippen molar-refractivity contribution in [2.75, 3.05) is 11.6 Å². The average Bonchev–Trinajstić information content (AvgIpc) is 2.38. The maximum absolute atomic E-state index is 4.65. The minimum atomic E-state index is 0.451. The molecule has 19 heavy (non-hydrogen) atoms. The van der Waals surface area contributed by atoms with Gasteiger partial charge in [0.25, 0.3) is 0 Å². The second-order valence-corrected chi connectivity index (χ2v) is 6.92. The Morgan fingerprint density at radius 1 is 1.32 bits per heavy atom. The molecule has 1 heterocycles. The van der Waals surface area contributed by atoms with Crippen molar-refractivity contribution in [1.82, 2.24) is 9.97 Å². The molecular weight excluding hydrogens is 254 g/mol. The zero-order chi connectivity index (χ0) is 13.8. The molecule has 106 valence electrons. The SMILES string of the molecule is CSC1CCCC(Nc2nc(C)cc(C(C)C)n2)C1. The molecule has 4 heteroatoms. The highest BCUT2D eigenvalue weighted by atomic mass is 32.2. The predicted octanol–water partition coefficient (Wildman–Crippen LogP) is 3.99. The molecule has 0 radical (unpaired) electrons. The number of rotatable bonds is 4. The largest absolute Gasteiger partial charge is 0.351 e. The normalized spacial score (nSPS) is 23.6. The molecule has 2 rings (SSSR count). The number of hydrogen-bond donors (Lipinski definition) is 1. The molecule has 0 spiro atoms. The Labute approximate surface area is 121 Å².